The molecule has 0 aromatic heterocycles. The molecule has 0 unspecified atom stereocenters. The highest BCUT2D eigenvalue weighted by Gasteiger charge is 1.83. The monoisotopic (exact) mass is 249 g/mol. The number of unbranched alkanes of at least 4 members (excludes halogenated alkanes) is 5. The van der Waals surface area contributed by atoms with Crippen molar-refractivity contribution in [2.45, 2.75) is 80.1 Å². The van der Waals surface area contributed by atoms with Crippen molar-refractivity contribution in [2.24, 2.45) is 5.73 Å². The van der Waals surface area contributed by atoms with Gasteiger partial charge in [0.25, 0.3) is 0 Å². The first kappa shape index (κ1) is 25.3. The van der Waals surface area contributed by atoms with Gasteiger partial charge in [-0.2, -0.15) is 0 Å². The molecule has 0 aliphatic heterocycles. The zero-order valence-electron chi connectivity index (χ0n) is 12.9. The van der Waals surface area contributed by atoms with E-state index in [2.05, 4.69) is 19.6 Å². The fourth-order valence-corrected chi connectivity index (χ4v) is 0.854. The lowest BCUT2D eigenvalue weighted by molar-refractivity contribution is -0.135. The lowest BCUT2D eigenvalue weighted by atomic mass is 10.1. The summed E-state index contributed by atoms with van der Waals surface area (Å²) in [4.78, 5) is 9.24. The predicted molar refractivity (Wildman–Crippen MR) is 78.4 cm³/mol. The molecule has 108 valence electrons. The number of carbonyl (C=O) groups is 1. The van der Waals surface area contributed by atoms with Crippen LogP contribution in [0.15, 0.2) is 0 Å². The average molecular weight is 249 g/mol. The van der Waals surface area contributed by atoms with Crippen LogP contribution in [-0.2, 0) is 4.79 Å². The Morgan fingerprint density at radius 1 is 0.882 bits per heavy atom. The van der Waals surface area contributed by atoms with Gasteiger partial charge in [0.1, 0.15) is 0 Å². The van der Waals surface area contributed by atoms with Crippen molar-refractivity contribution in [3.63, 3.8) is 0 Å². The van der Waals surface area contributed by atoms with Crippen molar-refractivity contribution in [2.75, 3.05) is 6.54 Å². The molecule has 0 saturated carbocycles. The number of nitrogens with two attached hydrogens (primary N) is 1. The maximum atomic E-state index is 9.24. The van der Waals surface area contributed by atoms with Gasteiger partial charge in [-0.05, 0) is 0 Å². The summed E-state index contributed by atoms with van der Waals surface area (Å²) in [6, 6.07) is 0. The molecule has 0 radical (unpaired) electrons. The van der Waals surface area contributed by atoms with Gasteiger partial charge in [0.15, 0.2) is 0 Å². The normalized spacial score (nSPS) is 7.47. The smallest absolute Gasteiger partial charge is 0.317 e. The number of carboxylic acid groups (broad SMARTS) is 1. The molecule has 0 aliphatic carbocycles. The van der Waals surface area contributed by atoms with Crippen LogP contribution in [0.2, 0.25) is 0 Å². The SMILES string of the molecule is CC.CC.CCCCCCCC.NCC(=O)O. The van der Waals surface area contributed by atoms with Gasteiger partial charge in [-0.25, -0.2) is 0 Å². The van der Waals surface area contributed by atoms with Gasteiger partial charge in [0.05, 0.1) is 6.54 Å². The molecule has 17 heavy (non-hydrogen) atoms. The lowest BCUT2D eigenvalue weighted by Crippen LogP contribution is -2.10. The first-order valence-electron chi connectivity index (χ1n) is 7.10. The summed E-state index contributed by atoms with van der Waals surface area (Å²) in [7, 11) is 0. The third kappa shape index (κ3) is 67.3. The minimum Gasteiger partial charge on any atom is -0.480 e. The number of carboxylic acids is 1. The summed E-state index contributed by atoms with van der Waals surface area (Å²) in [6.07, 6.45) is 8.49. The lowest BCUT2D eigenvalue weighted by Gasteiger charge is -1.93. The van der Waals surface area contributed by atoms with Gasteiger partial charge < -0.3 is 10.8 Å². The third-order valence-corrected chi connectivity index (χ3v) is 1.63. The van der Waals surface area contributed by atoms with Gasteiger partial charge in [0.2, 0.25) is 0 Å². The Morgan fingerprint density at radius 3 is 1.24 bits per heavy atom. The molecule has 0 atom stereocenters. The van der Waals surface area contributed by atoms with E-state index in [4.69, 9.17) is 5.11 Å². The second-order valence-corrected chi connectivity index (χ2v) is 3.01. The number of hydrogen-bond donors (Lipinski definition) is 2. The van der Waals surface area contributed by atoms with E-state index in [1.165, 1.54) is 38.5 Å². The van der Waals surface area contributed by atoms with Gasteiger partial charge >= 0.3 is 5.97 Å². The van der Waals surface area contributed by atoms with Crippen LogP contribution in [0.3, 0.4) is 0 Å². The maximum Gasteiger partial charge on any atom is 0.317 e. The van der Waals surface area contributed by atoms with Crippen molar-refractivity contribution in [3.05, 3.63) is 0 Å². The van der Waals surface area contributed by atoms with E-state index < -0.39 is 5.97 Å². The molecule has 3 N–H and O–H groups in total. The topological polar surface area (TPSA) is 63.3 Å². The van der Waals surface area contributed by atoms with Crippen LogP contribution < -0.4 is 5.73 Å². The Bertz CT molecular complexity index is 100. The summed E-state index contributed by atoms with van der Waals surface area (Å²) in [5.74, 6) is -0.968. The van der Waals surface area contributed by atoms with Crippen molar-refractivity contribution < 1.29 is 9.90 Å². The molecule has 0 amide bonds. The molecule has 3 heteroatoms. The Balaban J connectivity index is -0.0000000809. The second kappa shape index (κ2) is 36.1. The Labute approximate surface area is 109 Å². The van der Waals surface area contributed by atoms with Gasteiger partial charge in [-0.3, -0.25) is 4.79 Å². The summed E-state index contributed by atoms with van der Waals surface area (Å²) in [6.45, 7) is 12.2. The van der Waals surface area contributed by atoms with Crippen molar-refractivity contribution in [3.8, 4) is 0 Å². The Hall–Kier alpha value is -0.570. The van der Waals surface area contributed by atoms with E-state index in [1.54, 1.807) is 0 Å². The molecule has 0 aliphatic rings. The molecule has 0 heterocycles. The van der Waals surface area contributed by atoms with Crippen LogP contribution in [0.25, 0.3) is 0 Å². The zero-order chi connectivity index (χ0) is 14.5. The standard InChI is InChI=1S/C8H18.C2H5NO2.2C2H6/c1-3-5-7-8-6-4-2;3-1-2(4)5;2*1-2/h3-8H2,1-2H3;1,3H2,(H,4,5);2*1-2H3. The molecule has 0 bridgehead atoms. The minimum atomic E-state index is -0.968. The van der Waals surface area contributed by atoms with E-state index in [0.29, 0.717) is 0 Å². The maximum absolute atomic E-state index is 9.24. The molecule has 3 nitrogen and oxygen atoms in total. The predicted octanol–water partition coefficient (Wildman–Crippen LogP) is 4.45. The zero-order valence-corrected chi connectivity index (χ0v) is 12.9. The quantitative estimate of drug-likeness (QED) is 0.684. The van der Waals surface area contributed by atoms with Crippen molar-refractivity contribution in [1.82, 2.24) is 0 Å². The largest absolute Gasteiger partial charge is 0.480 e. The van der Waals surface area contributed by atoms with Crippen LogP contribution >= 0.6 is 0 Å². The van der Waals surface area contributed by atoms with E-state index in [0.717, 1.165) is 0 Å². The fourth-order valence-electron chi connectivity index (χ4n) is 0.854. The van der Waals surface area contributed by atoms with Crippen LogP contribution in [0.5, 0.6) is 0 Å². The van der Waals surface area contributed by atoms with E-state index in [1.807, 2.05) is 27.7 Å². The van der Waals surface area contributed by atoms with Crippen molar-refractivity contribution >= 4 is 5.97 Å². The van der Waals surface area contributed by atoms with Crippen LogP contribution in [0.1, 0.15) is 80.1 Å². The van der Waals surface area contributed by atoms with Crippen LogP contribution in [-0.4, -0.2) is 17.6 Å². The van der Waals surface area contributed by atoms with Gasteiger partial charge in [-0.15, -0.1) is 0 Å². The molecule has 0 aromatic rings. The van der Waals surface area contributed by atoms with Gasteiger partial charge in [-0.1, -0.05) is 80.1 Å². The van der Waals surface area contributed by atoms with Gasteiger partial charge in [0, 0.05) is 0 Å². The first-order valence-corrected chi connectivity index (χ1v) is 7.10. The van der Waals surface area contributed by atoms with Crippen molar-refractivity contribution in [1.29, 1.82) is 0 Å². The number of aliphatic carboxylic acids is 1. The minimum absolute atomic E-state index is 0.278. The third-order valence-electron chi connectivity index (χ3n) is 1.63. The molecule has 0 fully saturated rings. The number of hydrogen-bond acceptors (Lipinski definition) is 2. The summed E-state index contributed by atoms with van der Waals surface area (Å²) >= 11 is 0. The highest BCUT2D eigenvalue weighted by atomic mass is 16.4. The number of rotatable bonds is 6. The summed E-state index contributed by atoms with van der Waals surface area (Å²) < 4.78 is 0. The second-order valence-electron chi connectivity index (χ2n) is 3.01. The summed E-state index contributed by atoms with van der Waals surface area (Å²) in [5.41, 5.74) is 4.57. The Kier molecular flexibility index (Phi) is 53.8. The van der Waals surface area contributed by atoms with Crippen LogP contribution in [0, 0.1) is 0 Å². The van der Waals surface area contributed by atoms with E-state index >= 15 is 0 Å². The molecule has 0 aromatic carbocycles. The van der Waals surface area contributed by atoms with E-state index in [9.17, 15) is 4.79 Å². The molecular formula is C14H35NO2. The molecule has 0 saturated heterocycles. The average Bonchev–Trinajstić information content (AvgIpc) is 2.40. The van der Waals surface area contributed by atoms with Crippen LogP contribution in [0.4, 0.5) is 0 Å². The molecule has 0 spiro atoms. The molecule has 0 rings (SSSR count). The molecular weight excluding hydrogens is 214 g/mol. The fraction of sp³-hybridized carbons (Fsp3) is 0.929. The summed E-state index contributed by atoms with van der Waals surface area (Å²) in [5, 5.41) is 7.60. The van der Waals surface area contributed by atoms with E-state index in [-0.39, 0.29) is 6.54 Å². The highest BCUT2D eigenvalue weighted by molar-refractivity contribution is 5.68. The highest BCUT2D eigenvalue weighted by Crippen LogP contribution is 2.03. The Morgan fingerprint density at radius 2 is 1.12 bits per heavy atom. The first-order chi connectivity index (χ1) is 8.18.